The molecule has 1 saturated carbocycles. The predicted molar refractivity (Wildman–Crippen MR) is 111 cm³/mol. The average Bonchev–Trinajstić information content (AvgIpc) is 3.42. The third-order valence-electron chi connectivity index (χ3n) is 5.18. The number of carbonyl (C=O) groups is 3. The van der Waals surface area contributed by atoms with Gasteiger partial charge in [-0.1, -0.05) is 0 Å². The number of rotatable bonds is 6. The zero-order chi connectivity index (χ0) is 21.5. The molecule has 0 aliphatic heterocycles. The lowest BCUT2D eigenvalue weighted by Gasteiger charge is -2.15. The van der Waals surface area contributed by atoms with Crippen LogP contribution in [-0.4, -0.2) is 33.7 Å². The SMILES string of the molecule is Cc1nn(C)c(C)c1NC(=O)[C@@H](C)OC(=O)c1c(NC(=O)C2CC2)sc(C)c1C. The van der Waals surface area contributed by atoms with Gasteiger partial charge in [0.2, 0.25) is 5.91 Å². The molecule has 2 heterocycles. The molecule has 1 atom stereocenters. The Labute approximate surface area is 173 Å². The van der Waals surface area contributed by atoms with Crippen molar-refractivity contribution in [2.24, 2.45) is 13.0 Å². The molecule has 0 radical (unpaired) electrons. The van der Waals surface area contributed by atoms with Gasteiger partial charge in [-0.05, 0) is 53.0 Å². The van der Waals surface area contributed by atoms with Crippen molar-refractivity contribution in [3.63, 3.8) is 0 Å². The first kappa shape index (κ1) is 21.0. The van der Waals surface area contributed by atoms with E-state index in [1.165, 1.54) is 18.3 Å². The number of ether oxygens (including phenoxy) is 1. The van der Waals surface area contributed by atoms with Gasteiger partial charge >= 0.3 is 5.97 Å². The number of aromatic nitrogens is 2. The van der Waals surface area contributed by atoms with Crippen molar-refractivity contribution < 1.29 is 19.1 Å². The fraction of sp³-hybridized carbons (Fsp3) is 0.500. The van der Waals surface area contributed by atoms with Crippen LogP contribution in [0.5, 0.6) is 0 Å². The van der Waals surface area contributed by atoms with Gasteiger partial charge in [0.05, 0.1) is 22.6 Å². The largest absolute Gasteiger partial charge is 0.449 e. The van der Waals surface area contributed by atoms with Gasteiger partial charge in [0.15, 0.2) is 6.10 Å². The van der Waals surface area contributed by atoms with Gasteiger partial charge in [0.25, 0.3) is 5.91 Å². The van der Waals surface area contributed by atoms with Crippen LogP contribution in [0, 0.1) is 33.6 Å². The van der Waals surface area contributed by atoms with E-state index >= 15 is 0 Å². The first-order valence-electron chi connectivity index (χ1n) is 9.53. The smallest absolute Gasteiger partial charge is 0.342 e. The summed E-state index contributed by atoms with van der Waals surface area (Å²) in [6, 6.07) is 0. The summed E-state index contributed by atoms with van der Waals surface area (Å²) in [5, 5.41) is 10.4. The van der Waals surface area contributed by atoms with Crippen LogP contribution >= 0.6 is 11.3 Å². The first-order valence-corrected chi connectivity index (χ1v) is 10.3. The van der Waals surface area contributed by atoms with Crippen LogP contribution in [0.1, 0.15) is 52.0 Å². The standard InChI is InChI=1S/C20H26N4O4S/c1-9-13(5)29-19(22-18(26)14-7-8-14)15(9)20(27)28-12(4)17(25)21-16-10(2)23-24(6)11(16)3/h12,14H,7-8H2,1-6H3,(H,21,25)(H,22,26)/t12-/m1/s1. The molecule has 2 amide bonds. The van der Waals surface area contributed by atoms with Gasteiger partial charge in [-0.3, -0.25) is 14.3 Å². The van der Waals surface area contributed by atoms with Crippen LogP contribution in [0.15, 0.2) is 0 Å². The Balaban J connectivity index is 1.72. The van der Waals surface area contributed by atoms with E-state index in [2.05, 4.69) is 15.7 Å². The van der Waals surface area contributed by atoms with E-state index in [-0.39, 0.29) is 11.8 Å². The molecule has 1 aliphatic rings. The maximum absolute atomic E-state index is 12.8. The van der Waals surface area contributed by atoms with Crippen LogP contribution in [0.4, 0.5) is 10.7 Å². The molecular formula is C20H26N4O4S. The molecule has 3 rings (SSSR count). The number of nitrogens with one attached hydrogen (secondary N) is 2. The summed E-state index contributed by atoms with van der Waals surface area (Å²) in [6.45, 7) is 8.85. The Morgan fingerprint density at radius 1 is 1.17 bits per heavy atom. The number of carbonyl (C=O) groups excluding carboxylic acids is 3. The van der Waals surface area contributed by atoms with Crippen molar-refractivity contribution >= 4 is 39.8 Å². The minimum absolute atomic E-state index is 0.0252. The molecule has 0 aromatic carbocycles. The summed E-state index contributed by atoms with van der Waals surface area (Å²) in [5.41, 5.74) is 3.17. The number of hydrogen-bond donors (Lipinski definition) is 2. The molecule has 156 valence electrons. The van der Waals surface area contributed by atoms with Crippen LogP contribution < -0.4 is 10.6 Å². The lowest BCUT2D eigenvalue weighted by atomic mass is 10.1. The van der Waals surface area contributed by atoms with Crippen molar-refractivity contribution in [2.75, 3.05) is 10.6 Å². The Morgan fingerprint density at radius 3 is 2.38 bits per heavy atom. The van der Waals surface area contributed by atoms with Gasteiger partial charge in [0.1, 0.15) is 5.00 Å². The second-order valence-electron chi connectivity index (χ2n) is 7.46. The van der Waals surface area contributed by atoms with Crippen LogP contribution in [-0.2, 0) is 21.4 Å². The molecule has 9 heteroatoms. The Bertz CT molecular complexity index is 987. The third-order valence-corrected chi connectivity index (χ3v) is 6.31. The molecule has 2 aromatic heterocycles. The highest BCUT2D eigenvalue weighted by atomic mass is 32.1. The minimum atomic E-state index is -1.01. The lowest BCUT2D eigenvalue weighted by Crippen LogP contribution is -2.30. The van der Waals surface area contributed by atoms with Crippen LogP contribution in [0.25, 0.3) is 0 Å². The number of aryl methyl sites for hydroxylation is 3. The Hall–Kier alpha value is -2.68. The highest BCUT2D eigenvalue weighted by Crippen LogP contribution is 2.36. The topological polar surface area (TPSA) is 102 Å². The van der Waals surface area contributed by atoms with E-state index in [0.717, 1.165) is 29.0 Å². The van der Waals surface area contributed by atoms with Gasteiger partial charge in [-0.15, -0.1) is 11.3 Å². The van der Waals surface area contributed by atoms with Crippen LogP contribution in [0.2, 0.25) is 0 Å². The summed E-state index contributed by atoms with van der Waals surface area (Å²) >= 11 is 1.34. The summed E-state index contributed by atoms with van der Waals surface area (Å²) in [7, 11) is 1.79. The molecular weight excluding hydrogens is 392 g/mol. The fourth-order valence-electron chi connectivity index (χ4n) is 2.97. The molecule has 1 fully saturated rings. The quantitative estimate of drug-likeness (QED) is 0.701. The van der Waals surface area contributed by atoms with Gasteiger partial charge in [0, 0.05) is 17.8 Å². The lowest BCUT2D eigenvalue weighted by molar-refractivity contribution is -0.123. The molecule has 0 bridgehead atoms. The highest BCUT2D eigenvalue weighted by molar-refractivity contribution is 7.16. The maximum atomic E-state index is 12.8. The highest BCUT2D eigenvalue weighted by Gasteiger charge is 2.32. The summed E-state index contributed by atoms with van der Waals surface area (Å²) in [6.07, 6.45) is 0.742. The predicted octanol–water partition coefficient (Wildman–Crippen LogP) is 3.25. The molecule has 0 unspecified atom stereocenters. The van der Waals surface area contributed by atoms with Gasteiger partial charge < -0.3 is 15.4 Å². The monoisotopic (exact) mass is 418 g/mol. The van der Waals surface area contributed by atoms with E-state index in [1.54, 1.807) is 18.7 Å². The van der Waals surface area contributed by atoms with Crippen molar-refractivity contribution in [1.29, 1.82) is 0 Å². The van der Waals surface area contributed by atoms with E-state index in [9.17, 15) is 14.4 Å². The van der Waals surface area contributed by atoms with Crippen molar-refractivity contribution in [3.8, 4) is 0 Å². The number of hydrogen-bond acceptors (Lipinski definition) is 6. The van der Waals surface area contributed by atoms with E-state index in [0.29, 0.717) is 21.9 Å². The van der Waals surface area contributed by atoms with Crippen molar-refractivity contribution in [1.82, 2.24) is 9.78 Å². The first-order chi connectivity index (χ1) is 13.6. The molecule has 29 heavy (non-hydrogen) atoms. The number of esters is 1. The number of thiophene rings is 1. The number of amides is 2. The Kier molecular flexibility index (Phi) is 5.79. The molecule has 2 N–H and O–H groups in total. The van der Waals surface area contributed by atoms with Gasteiger partial charge in [-0.2, -0.15) is 5.10 Å². The van der Waals surface area contributed by atoms with E-state index < -0.39 is 18.0 Å². The van der Waals surface area contributed by atoms with Gasteiger partial charge in [-0.25, -0.2) is 4.79 Å². The van der Waals surface area contributed by atoms with Crippen molar-refractivity contribution in [3.05, 3.63) is 27.4 Å². The zero-order valence-electron chi connectivity index (χ0n) is 17.5. The maximum Gasteiger partial charge on any atom is 0.342 e. The average molecular weight is 419 g/mol. The second-order valence-corrected chi connectivity index (χ2v) is 8.68. The fourth-order valence-corrected chi connectivity index (χ4v) is 4.02. The van der Waals surface area contributed by atoms with Crippen LogP contribution in [0.3, 0.4) is 0 Å². The van der Waals surface area contributed by atoms with Crippen molar-refractivity contribution in [2.45, 2.75) is 53.6 Å². The molecule has 1 aliphatic carbocycles. The Morgan fingerprint density at radius 2 is 1.83 bits per heavy atom. The summed E-state index contributed by atoms with van der Waals surface area (Å²) in [4.78, 5) is 38.4. The molecule has 0 spiro atoms. The summed E-state index contributed by atoms with van der Waals surface area (Å²) in [5.74, 6) is -1.11. The number of nitrogens with zero attached hydrogens (tertiary/aromatic N) is 2. The van der Waals surface area contributed by atoms with E-state index in [4.69, 9.17) is 4.74 Å². The second kappa shape index (κ2) is 7.98. The minimum Gasteiger partial charge on any atom is -0.449 e. The van der Waals surface area contributed by atoms with E-state index in [1.807, 2.05) is 20.8 Å². The number of anilines is 2. The third kappa shape index (κ3) is 4.34. The molecule has 2 aromatic rings. The molecule has 0 saturated heterocycles. The zero-order valence-corrected chi connectivity index (χ0v) is 18.3. The molecule has 8 nitrogen and oxygen atoms in total. The summed E-state index contributed by atoms with van der Waals surface area (Å²) < 4.78 is 7.10. The normalized spacial score (nSPS) is 14.4.